The number of rotatable bonds is 5. The molecule has 0 bridgehead atoms. The van der Waals surface area contributed by atoms with Crippen LogP contribution in [0.1, 0.15) is 13.2 Å². The number of nitrogens with one attached hydrogen (secondary N) is 1. The maximum atomic E-state index is 11.7. The number of aromatic nitrogens is 4. The van der Waals surface area contributed by atoms with Gasteiger partial charge in [0.2, 0.25) is 5.91 Å². The average Bonchev–Trinajstić information content (AvgIpc) is 3.22. The van der Waals surface area contributed by atoms with E-state index in [2.05, 4.69) is 15.0 Å². The molecule has 29 heavy (non-hydrogen) atoms. The normalized spacial score (nSPS) is 26.2. The maximum Gasteiger partial charge on any atom is 0.413 e. The van der Waals surface area contributed by atoms with Crippen molar-refractivity contribution in [1.29, 1.82) is 0 Å². The number of amides is 2. The first-order chi connectivity index (χ1) is 13.7. The van der Waals surface area contributed by atoms with Crippen molar-refractivity contribution >= 4 is 29.0 Å². The average molecular weight is 411 g/mol. The Bertz CT molecular complexity index is 904. The van der Waals surface area contributed by atoms with Gasteiger partial charge in [-0.15, -0.1) is 0 Å². The number of imidazole rings is 1. The van der Waals surface area contributed by atoms with Gasteiger partial charge in [0.05, 0.1) is 12.4 Å². The number of imide groups is 1. The third-order valence-electron chi connectivity index (χ3n) is 4.42. The third-order valence-corrected chi connectivity index (χ3v) is 4.42. The van der Waals surface area contributed by atoms with E-state index in [1.165, 1.54) is 24.1 Å². The first-order valence-corrected chi connectivity index (χ1v) is 8.56. The second kappa shape index (κ2) is 8.22. The Kier molecular flexibility index (Phi) is 5.90. The van der Waals surface area contributed by atoms with E-state index >= 15 is 0 Å². The van der Waals surface area contributed by atoms with Gasteiger partial charge in [0.1, 0.15) is 42.8 Å². The van der Waals surface area contributed by atoms with Crippen molar-refractivity contribution < 1.29 is 34.4 Å². The highest BCUT2D eigenvalue weighted by Gasteiger charge is 2.45. The van der Waals surface area contributed by atoms with E-state index in [1.54, 1.807) is 0 Å². The number of carbonyl (C=O) groups excluding carboxylic acids is 2. The van der Waals surface area contributed by atoms with Crippen molar-refractivity contribution in [2.75, 3.05) is 12.3 Å². The van der Waals surface area contributed by atoms with Gasteiger partial charge in [-0.2, -0.15) is 0 Å². The lowest BCUT2D eigenvalue weighted by molar-refractivity contribution is -0.124. The summed E-state index contributed by atoms with van der Waals surface area (Å²) in [5.74, 6) is -0.795. The quantitative estimate of drug-likeness (QED) is 0.289. The fourth-order valence-electron chi connectivity index (χ4n) is 2.75. The number of hydrogen-bond donors (Lipinski definition) is 6. The van der Waals surface area contributed by atoms with E-state index < -0.39 is 55.3 Å². The number of nitrogens with zero attached hydrogens (tertiary/aromatic N) is 4. The van der Waals surface area contributed by atoms with Gasteiger partial charge in [-0.25, -0.2) is 19.7 Å². The fraction of sp³-hybridized carbons (Fsp3) is 0.533. The topological polar surface area (TPSA) is 221 Å². The zero-order chi connectivity index (χ0) is 21.3. The van der Waals surface area contributed by atoms with Crippen molar-refractivity contribution in [3.05, 3.63) is 12.7 Å². The Labute approximate surface area is 163 Å². The molecule has 2 aromatic rings. The second-order valence-electron chi connectivity index (χ2n) is 6.48. The summed E-state index contributed by atoms with van der Waals surface area (Å²) in [5, 5.41) is 31.6. The molecule has 0 saturated carbocycles. The summed E-state index contributed by atoms with van der Waals surface area (Å²) < 4.78 is 11.8. The fourth-order valence-corrected chi connectivity index (χ4v) is 2.75. The van der Waals surface area contributed by atoms with Gasteiger partial charge in [-0.05, 0) is 6.92 Å². The monoisotopic (exact) mass is 411 g/mol. The number of alkyl carbamates (subject to hydrolysis) is 1. The molecule has 0 aliphatic carbocycles. The Morgan fingerprint density at radius 2 is 2.07 bits per heavy atom. The standard InChI is InChI=1S/C15H21N7O7/c1-5(23)7(16)13(26)21-15(27)28-2-6-9(24)10(25)14(29-6)22-4-20-8-11(17)18-3-19-12(8)22/h3-7,9-10,14,23-25H,2,16H2,1H3,(H2,17,18,19)(H,21,26,27)/t5-,6-,7+,9-,10-,14-/m1/s1. The minimum Gasteiger partial charge on any atom is -0.446 e. The SMILES string of the molecule is C[C@@H](O)[C@H](N)C(=O)NC(=O)OC[C@H]1O[C@@H](n2cnc3c(N)ncnc32)[C@H](O)[C@@H]1O. The van der Waals surface area contributed by atoms with Crippen LogP contribution in [-0.4, -0.2) is 83.9 Å². The molecule has 3 heterocycles. The summed E-state index contributed by atoms with van der Waals surface area (Å²) in [7, 11) is 0. The van der Waals surface area contributed by atoms with Crippen LogP contribution in [0, 0.1) is 0 Å². The van der Waals surface area contributed by atoms with Gasteiger partial charge >= 0.3 is 6.09 Å². The molecule has 3 rings (SSSR count). The lowest BCUT2D eigenvalue weighted by atomic mass is 10.1. The molecule has 6 atom stereocenters. The zero-order valence-corrected chi connectivity index (χ0v) is 15.2. The Morgan fingerprint density at radius 1 is 1.34 bits per heavy atom. The van der Waals surface area contributed by atoms with Gasteiger partial charge in [0, 0.05) is 0 Å². The van der Waals surface area contributed by atoms with Gasteiger partial charge < -0.3 is 36.3 Å². The van der Waals surface area contributed by atoms with Crippen LogP contribution >= 0.6 is 0 Å². The molecule has 158 valence electrons. The van der Waals surface area contributed by atoms with Gasteiger partial charge in [-0.1, -0.05) is 0 Å². The van der Waals surface area contributed by atoms with E-state index in [4.69, 9.17) is 20.9 Å². The molecule has 1 aliphatic heterocycles. The van der Waals surface area contributed by atoms with Crippen molar-refractivity contribution in [2.45, 2.75) is 43.6 Å². The van der Waals surface area contributed by atoms with Crippen LogP contribution in [-0.2, 0) is 14.3 Å². The minimum atomic E-state index is -1.40. The van der Waals surface area contributed by atoms with E-state index in [0.717, 1.165) is 0 Å². The molecular formula is C15H21N7O7. The predicted octanol–water partition coefficient (Wildman–Crippen LogP) is -3.01. The first kappa shape index (κ1) is 20.8. The highest BCUT2D eigenvalue weighted by atomic mass is 16.6. The van der Waals surface area contributed by atoms with Crippen LogP contribution in [0.5, 0.6) is 0 Å². The number of ether oxygens (including phenoxy) is 2. The molecule has 2 amide bonds. The molecule has 0 unspecified atom stereocenters. The molecule has 0 radical (unpaired) electrons. The molecule has 14 nitrogen and oxygen atoms in total. The van der Waals surface area contributed by atoms with Crippen molar-refractivity contribution in [1.82, 2.24) is 24.8 Å². The van der Waals surface area contributed by atoms with Crippen molar-refractivity contribution in [3.63, 3.8) is 0 Å². The lowest BCUT2D eigenvalue weighted by Gasteiger charge is -2.17. The number of aliphatic hydroxyl groups is 3. The summed E-state index contributed by atoms with van der Waals surface area (Å²) in [6.07, 6.45) is -4.74. The molecule has 1 aliphatic rings. The smallest absolute Gasteiger partial charge is 0.413 e. The summed E-state index contributed by atoms with van der Waals surface area (Å²) in [4.78, 5) is 35.2. The summed E-state index contributed by atoms with van der Waals surface area (Å²) >= 11 is 0. The number of fused-ring (bicyclic) bond motifs is 1. The molecule has 0 spiro atoms. The van der Waals surface area contributed by atoms with E-state index in [-0.39, 0.29) is 11.5 Å². The Morgan fingerprint density at radius 3 is 2.76 bits per heavy atom. The van der Waals surface area contributed by atoms with Crippen LogP contribution < -0.4 is 16.8 Å². The molecule has 0 aromatic carbocycles. The van der Waals surface area contributed by atoms with E-state index in [0.29, 0.717) is 5.52 Å². The molecule has 14 heteroatoms. The molecular weight excluding hydrogens is 390 g/mol. The van der Waals surface area contributed by atoms with Gasteiger partial charge in [0.25, 0.3) is 0 Å². The zero-order valence-electron chi connectivity index (χ0n) is 15.2. The van der Waals surface area contributed by atoms with Crippen LogP contribution in [0.25, 0.3) is 11.2 Å². The number of aliphatic hydroxyl groups excluding tert-OH is 3. The van der Waals surface area contributed by atoms with Crippen LogP contribution in [0.15, 0.2) is 12.7 Å². The predicted molar refractivity (Wildman–Crippen MR) is 94.8 cm³/mol. The number of carbonyl (C=O) groups is 2. The van der Waals surface area contributed by atoms with E-state index in [1.807, 2.05) is 5.32 Å². The Balaban J connectivity index is 1.63. The van der Waals surface area contributed by atoms with Crippen molar-refractivity contribution in [2.24, 2.45) is 5.73 Å². The van der Waals surface area contributed by atoms with Crippen LogP contribution in [0.3, 0.4) is 0 Å². The Hall–Kier alpha value is -2.91. The summed E-state index contributed by atoms with van der Waals surface area (Å²) in [5.41, 5.74) is 11.7. The number of nitrogens with two attached hydrogens (primary N) is 2. The van der Waals surface area contributed by atoms with Gasteiger partial charge in [0.15, 0.2) is 17.7 Å². The first-order valence-electron chi connectivity index (χ1n) is 8.56. The third kappa shape index (κ3) is 4.10. The largest absolute Gasteiger partial charge is 0.446 e. The second-order valence-corrected chi connectivity index (χ2v) is 6.48. The summed E-state index contributed by atoms with van der Waals surface area (Å²) in [6.45, 7) is 0.819. The maximum absolute atomic E-state index is 11.7. The molecule has 1 saturated heterocycles. The highest BCUT2D eigenvalue weighted by molar-refractivity contribution is 5.95. The number of hydrogen-bond acceptors (Lipinski definition) is 12. The minimum absolute atomic E-state index is 0.137. The summed E-state index contributed by atoms with van der Waals surface area (Å²) in [6, 6.07) is -1.31. The number of anilines is 1. The highest BCUT2D eigenvalue weighted by Crippen LogP contribution is 2.32. The van der Waals surface area contributed by atoms with Crippen LogP contribution in [0.4, 0.5) is 10.6 Å². The lowest BCUT2D eigenvalue weighted by Crippen LogP contribution is -2.49. The van der Waals surface area contributed by atoms with Gasteiger partial charge in [-0.3, -0.25) is 14.7 Å². The molecule has 8 N–H and O–H groups in total. The molecule has 2 aromatic heterocycles. The van der Waals surface area contributed by atoms with Crippen LogP contribution in [0.2, 0.25) is 0 Å². The van der Waals surface area contributed by atoms with Crippen molar-refractivity contribution in [3.8, 4) is 0 Å². The van der Waals surface area contributed by atoms with E-state index in [9.17, 15) is 24.9 Å². The molecule has 1 fully saturated rings. The number of nitrogen functional groups attached to an aromatic ring is 1.